The molecule has 0 saturated carbocycles. The lowest BCUT2D eigenvalue weighted by molar-refractivity contribution is 0.438. The zero-order chi connectivity index (χ0) is 12.4. The van der Waals surface area contributed by atoms with E-state index in [1.54, 1.807) is 36.3 Å². The molecule has 0 fully saturated rings. The van der Waals surface area contributed by atoms with E-state index < -0.39 is 0 Å². The fraction of sp³-hybridized carbons (Fsp3) is 0.182. The van der Waals surface area contributed by atoms with Crippen molar-refractivity contribution >= 4 is 5.84 Å². The molecule has 0 atom stereocenters. The largest absolute Gasteiger partial charge is 0.423 e. The van der Waals surface area contributed by atoms with Gasteiger partial charge in [0, 0.05) is 12.6 Å². The molecule has 2 rings (SSSR count). The third kappa shape index (κ3) is 2.41. The lowest BCUT2D eigenvalue weighted by Gasteiger charge is -2.06. The molecule has 88 valence electrons. The number of ether oxygens (including phenoxy) is 1. The Balaban J connectivity index is 2.23. The van der Waals surface area contributed by atoms with Crippen molar-refractivity contribution in [3.63, 3.8) is 0 Å². The summed E-state index contributed by atoms with van der Waals surface area (Å²) in [6, 6.07) is 5.57. The van der Waals surface area contributed by atoms with Gasteiger partial charge in [-0.2, -0.15) is 4.98 Å². The van der Waals surface area contributed by atoms with E-state index in [-0.39, 0.29) is 5.84 Å². The van der Waals surface area contributed by atoms with E-state index in [1.807, 2.05) is 6.92 Å². The summed E-state index contributed by atoms with van der Waals surface area (Å²) in [4.78, 5) is 3.96. The second kappa shape index (κ2) is 4.25. The minimum atomic E-state index is 0.0463. The van der Waals surface area contributed by atoms with E-state index >= 15 is 0 Å². The minimum Gasteiger partial charge on any atom is -0.423 e. The number of nitrogens with two attached hydrogens (primary N) is 1. The maximum atomic E-state index is 7.38. The molecule has 6 heteroatoms. The van der Waals surface area contributed by atoms with Crippen LogP contribution in [-0.4, -0.2) is 20.6 Å². The Kier molecular flexibility index (Phi) is 2.78. The van der Waals surface area contributed by atoms with Crippen molar-refractivity contribution in [2.24, 2.45) is 12.8 Å². The van der Waals surface area contributed by atoms with Crippen molar-refractivity contribution in [1.82, 2.24) is 14.8 Å². The maximum absolute atomic E-state index is 7.38. The molecule has 0 unspecified atom stereocenters. The van der Waals surface area contributed by atoms with Crippen molar-refractivity contribution in [2.75, 3.05) is 0 Å². The summed E-state index contributed by atoms with van der Waals surface area (Å²) in [5, 5.41) is 11.4. The zero-order valence-electron chi connectivity index (χ0n) is 9.64. The lowest BCUT2D eigenvalue weighted by Crippen LogP contribution is -2.12. The minimum absolute atomic E-state index is 0.0463. The first-order chi connectivity index (χ1) is 8.06. The number of aryl methyl sites for hydroxylation is 2. The normalized spacial score (nSPS) is 10.2. The van der Waals surface area contributed by atoms with Crippen molar-refractivity contribution in [2.45, 2.75) is 6.92 Å². The fourth-order valence-corrected chi connectivity index (χ4v) is 1.47. The number of amidine groups is 1. The molecule has 0 aliphatic heterocycles. The van der Waals surface area contributed by atoms with Gasteiger partial charge in [-0.1, -0.05) is 0 Å². The number of hydrogen-bond donors (Lipinski definition) is 2. The van der Waals surface area contributed by atoms with Crippen LogP contribution in [0.3, 0.4) is 0 Å². The van der Waals surface area contributed by atoms with Crippen molar-refractivity contribution in [3.05, 3.63) is 35.7 Å². The first-order valence-corrected chi connectivity index (χ1v) is 5.05. The van der Waals surface area contributed by atoms with Gasteiger partial charge in [0.1, 0.15) is 17.9 Å². The van der Waals surface area contributed by atoms with E-state index in [2.05, 4.69) is 10.1 Å². The van der Waals surface area contributed by atoms with Crippen molar-refractivity contribution < 1.29 is 4.74 Å². The summed E-state index contributed by atoms with van der Waals surface area (Å²) < 4.78 is 7.02. The van der Waals surface area contributed by atoms with Crippen LogP contribution in [0.5, 0.6) is 11.8 Å². The van der Waals surface area contributed by atoms with Gasteiger partial charge in [0.15, 0.2) is 0 Å². The second-order valence-corrected chi connectivity index (χ2v) is 3.69. The third-order valence-electron chi connectivity index (χ3n) is 2.28. The summed E-state index contributed by atoms with van der Waals surface area (Å²) in [5.74, 6) is 0.670. The second-order valence-electron chi connectivity index (χ2n) is 3.69. The molecule has 0 aliphatic rings. The van der Waals surface area contributed by atoms with Gasteiger partial charge in [-0.25, -0.2) is 0 Å². The first-order valence-electron chi connectivity index (χ1n) is 5.05. The average molecular weight is 231 g/mol. The highest BCUT2D eigenvalue weighted by Crippen LogP contribution is 2.20. The number of nitrogens with one attached hydrogen (secondary N) is 1. The van der Waals surface area contributed by atoms with Gasteiger partial charge in [-0.05, 0) is 30.7 Å². The van der Waals surface area contributed by atoms with Crippen LogP contribution in [0.15, 0.2) is 24.5 Å². The predicted octanol–water partition coefficient (Wildman–Crippen LogP) is 1.20. The van der Waals surface area contributed by atoms with E-state index in [1.165, 1.54) is 0 Å². The maximum Gasteiger partial charge on any atom is 0.340 e. The van der Waals surface area contributed by atoms with E-state index in [4.69, 9.17) is 15.9 Å². The van der Waals surface area contributed by atoms with E-state index in [0.717, 1.165) is 5.56 Å². The number of aromatic nitrogens is 3. The molecule has 0 saturated heterocycles. The predicted molar refractivity (Wildman–Crippen MR) is 63.3 cm³/mol. The Hall–Kier alpha value is -2.37. The van der Waals surface area contributed by atoms with Gasteiger partial charge >= 0.3 is 6.01 Å². The number of rotatable bonds is 3. The third-order valence-corrected chi connectivity index (χ3v) is 2.28. The molecule has 0 bridgehead atoms. The Morgan fingerprint density at radius 2 is 2.24 bits per heavy atom. The molecule has 0 amide bonds. The molecule has 1 aromatic carbocycles. The first kappa shape index (κ1) is 11.1. The average Bonchev–Trinajstić information content (AvgIpc) is 2.63. The molecule has 17 heavy (non-hydrogen) atoms. The fourth-order valence-electron chi connectivity index (χ4n) is 1.47. The SMILES string of the molecule is Cc1cc(Oc2ncn(C)n2)ccc1C(=N)N. The van der Waals surface area contributed by atoms with Crippen LogP contribution in [0.4, 0.5) is 0 Å². The molecule has 0 spiro atoms. The monoisotopic (exact) mass is 231 g/mol. The standard InChI is InChI=1S/C11H13N5O/c1-7-5-8(3-4-9(7)10(12)13)17-11-14-6-16(2)15-11/h3-6H,1-2H3,(H3,12,13). The summed E-state index contributed by atoms with van der Waals surface area (Å²) in [6.07, 6.45) is 1.56. The Bertz CT molecular complexity index is 561. The van der Waals surface area contributed by atoms with Crippen LogP contribution in [0.25, 0.3) is 0 Å². The Morgan fingerprint density at radius 3 is 2.76 bits per heavy atom. The van der Waals surface area contributed by atoms with Crippen LogP contribution >= 0.6 is 0 Å². The van der Waals surface area contributed by atoms with Gasteiger partial charge in [0.25, 0.3) is 0 Å². The number of benzene rings is 1. The number of nitrogens with zero attached hydrogens (tertiary/aromatic N) is 3. The zero-order valence-corrected chi connectivity index (χ0v) is 9.64. The lowest BCUT2D eigenvalue weighted by atomic mass is 10.1. The van der Waals surface area contributed by atoms with Gasteiger partial charge in [-0.3, -0.25) is 10.1 Å². The molecular weight excluding hydrogens is 218 g/mol. The molecule has 0 aliphatic carbocycles. The highest BCUT2D eigenvalue weighted by atomic mass is 16.5. The van der Waals surface area contributed by atoms with Gasteiger partial charge in [0.05, 0.1) is 0 Å². The van der Waals surface area contributed by atoms with Crippen LogP contribution in [0.1, 0.15) is 11.1 Å². The molecule has 1 aromatic heterocycles. The van der Waals surface area contributed by atoms with E-state index in [9.17, 15) is 0 Å². The Labute approximate surface area is 98.5 Å². The smallest absolute Gasteiger partial charge is 0.340 e. The van der Waals surface area contributed by atoms with Crippen LogP contribution < -0.4 is 10.5 Å². The molecule has 0 radical (unpaired) electrons. The van der Waals surface area contributed by atoms with Crippen LogP contribution in [0, 0.1) is 12.3 Å². The van der Waals surface area contributed by atoms with Gasteiger partial charge < -0.3 is 10.5 Å². The highest BCUT2D eigenvalue weighted by Gasteiger charge is 2.06. The Morgan fingerprint density at radius 1 is 1.47 bits per heavy atom. The highest BCUT2D eigenvalue weighted by molar-refractivity contribution is 5.96. The topological polar surface area (TPSA) is 89.8 Å². The van der Waals surface area contributed by atoms with Gasteiger partial charge in [0.2, 0.25) is 0 Å². The van der Waals surface area contributed by atoms with Crippen LogP contribution in [0.2, 0.25) is 0 Å². The molecular formula is C11H13N5O. The number of hydrogen-bond acceptors (Lipinski definition) is 4. The molecule has 2 aromatic rings. The summed E-state index contributed by atoms with van der Waals surface area (Å²) in [6.45, 7) is 1.87. The quantitative estimate of drug-likeness (QED) is 0.613. The summed E-state index contributed by atoms with van der Waals surface area (Å²) >= 11 is 0. The van der Waals surface area contributed by atoms with E-state index in [0.29, 0.717) is 17.3 Å². The molecule has 1 heterocycles. The summed E-state index contributed by atoms with van der Waals surface area (Å²) in [5.41, 5.74) is 7.02. The number of nitrogen functional groups attached to an aromatic ring is 1. The van der Waals surface area contributed by atoms with Gasteiger partial charge in [-0.15, -0.1) is 5.10 Å². The molecule has 6 nitrogen and oxygen atoms in total. The summed E-state index contributed by atoms with van der Waals surface area (Å²) in [7, 11) is 1.77. The van der Waals surface area contributed by atoms with Crippen LogP contribution in [-0.2, 0) is 7.05 Å². The molecule has 3 N–H and O–H groups in total. The van der Waals surface area contributed by atoms with Crippen molar-refractivity contribution in [3.8, 4) is 11.8 Å². The van der Waals surface area contributed by atoms with Crippen molar-refractivity contribution in [1.29, 1.82) is 5.41 Å².